The minimum absolute atomic E-state index is 0.0602. The van der Waals surface area contributed by atoms with Crippen molar-refractivity contribution in [2.24, 2.45) is 0 Å². The molecule has 0 amide bonds. The molecule has 27 heavy (non-hydrogen) atoms. The second-order valence-corrected chi connectivity index (χ2v) is 6.16. The van der Waals surface area contributed by atoms with Gasteiger partial charge in [-0.25, -0.2) is 14.8 Å². The Morgan fingerprint density at radius 3 is 2.85 bits per heavy atom. The van der Waals surface area contributed by atoms with E-state index >= 15 is 0 Å². The number of nitrogens with one attached hydrogen (secondary N) is 2. The number of carbonyl (C=O) groups is 1. The van der Waals surface area contributed by atoms with Crippen LogP contribution in [0.5, 0.6) is 5.88 Å². The molecule has 0 saturated carbocycles. The van der Waals surface area contributed by atoms with Crippen molar-refractivity contribution >= 4 is 23.3 Å². The summed E-state index contributed by atoms with van der Waals surface area (Å²) in [5, 5.41) is 24.6. The summed E-state index contributed by atoms with van der Waals surface area (Å²) in [4.78, 5) is 25.5. The van der Waals surface area contributed by atoms with Crippen LogP contribution in [0.25, 0.3) is 0 Å². The summed E-state index contributed by atoms with van der Waals surface area (Å²) in [5.74, 6) is -0.158. The Kier molecular flexibility index (Phi) is 5.33. The van der Waals surface area contributed by atoms with Crippen molar-refractivity contribution in [2.75, 3.05) is 37.4 Å². The number of rotatable bonds is 6. The highest BCUT2D eigenvalue weighted by atomic mass is 16.5. The molecule has 2 aromatic rings. The number of hydrogen-bond donors (Lipinski definition) is 3. The lowest BCUT2D eigenvalue weighted by atomic mass is 10.2. The van der Waals surface area contributed by atoms with Crippen LogP contribution in [-0.2, 0) is 0 Å². The summed E-state index contributed by atoms with van der Waals surface area (Å²) in [5.41, 5.74) is 0.694. The molecule has 0 aromatic carbocycles. The zero-order valence-electron chi connectivity index (χ0n) is 14.9. The number of anilines is 3. The second-order valence-electron chi connectivity index (χ2n) is 6.16. The van der Waals surface area contributed by atoms with Crippen LogP contribution in [0.3, 0.4) is 0 Å². The molecule has 1 atom stereocenters. The predicted molar refractivity (Wildman–Crippen MR) is 97.5 cm³/mol. The SMILES string of the molecule is CN(C)c1cc(Nc2cnc(C#N)c(OC3CCNC3)n2)ncc1C(=O)O. The van der Waals surface area contributed by atoms with E-state index in [1.54, 1.807) is 25.1 Å². The van der Waals surface area contributed by atoms with Crippen LogP contribution in [0.4, 0.5) is 17.3 Å². The molecule has 3 N–H and O–H groups in total. The summed E-state index contributed by atoms with van der Waals surface area (Å²) in [6.45, 7) is 1.54. The first kappa shape index (κ1) is 18.3. The molecular formula is C17H19N7O3. The Morgan fingerprint density at radius 2 is 2.22 bits per heavy atom. The van der Waals surface area contributed by atoms with Gasteiger partial charge in [0.1, 0.15) is 23.6 Å². The summed E-state index contributed by atoms with van der Waals surface area (Å²) >= 11 is 0. The number of pyridine rings is 1. The lowest BCUT2D eigenvalue weighted by Crippen LogP contribution is -2.21. The minimum atomic E-state index is -1.06. The van der Waals surface area contributed by atoms with Crippen molar-refractivity contribution in [3.8, 4) is 11.9 Å². The van der Waals surface area contributed by atoms with Crippen molar-refractivity contribution in [3.63, 3.8) is 0 Å². The maximum absolute atomic E-state index is 11.3. The highest BCUT2D eigenvalue weighted by molar-refractivity contribution is 5.94. The molecule has 2 aromatic heterocycles. The number of nitrogens with zero attached hydrogens (tertiary/aromatic N) is 5. The summed E-state index contributed by atoms with van der Waals surface area (Å²) < 4.78 is 5.78. The lowest BCUT2D eigenvalue weighted by molar-refractivity contribution is 0.0697. The van der Waals surface area contributed by atoms with Gasteiger partial charge in [-0.15, -0.1) is 0 Å². The van der Waals surface area contributed by atoms with E-state index in [-0.39, 0.29) is 23.2 Å². The molecule has 3 heterocycles. The van der Waals surface area contributed by atoms with E-state index in [0.29, 0.717) is 23.9 Å². The predicted octanol–water partition coefficient (Wildman–Crippen LogP) is 0.992. The first-order valence-electron chi connectivity index (χ1n) is 8.30. The Hall–Kier alpha value is -3.45. The van der Waals surface area contributed by atoms with Gasteiger partial charge < -0.3 is 25.4 Å². The van der Waals surface area contributed by atoms with Crippen LogP contribution in [0, 0.1) is 11.3 Å². The average molecular weight is 369 g/mol. The number of ether oxygens (including phenoxy) is 1. The van der Waals surface area contributed by atoms with Crippen molar-refractivity contribution in [1.29, 1.82) is 5.26 Å². The molecular weight excluding hydrogens is 350 g/mol. The van der Waals surface area contributed by atoms with E-state index in [1.807, 2.05) is 6.07 Å². The molecule has 3 rings (SSSR count). The molecule has 10 nitrogen and oxygen atoms in total. The van der Waals surface area contributed by atoms with Gasteiger partial charge in [-0.05, 0) is 13.0 Å². The summed E-state index contributed by atoms with van der Waals surface area (Å²) in [6.07, 6.45) is 3.45. The fraction of sp³-hybridized carbons (Fsp3) is 0.353. The molecule has 1 fully saturated rings. The minimum Gasteiger partial charge on any atom is -0.478 e. The van der Waals surface area contributed by atoms with Crippen molar-refractivity contribution < 1.29 is 14.6 Å². The van der Waals surface area contributed by atoms with Gasteiger partial charge in [0.2, 0.25) is 5.69 Å². The summed E-state index contributed by atoms with van der Waals surface area (Å²) in [6, 6.07) is 3.57. The van der Waals surface area contributed by atoms with Crippen LogP contribution in [0.15, 0.2) is 18.5 Å². The standard InChI is InChI=1S/C17H19N7O3/c1-24(2)13-5-14(21-8-11(13)17(25)26)22-15-9-20-12(6-18)16(23-15)27-10-3-4-19-7-10/h5,8-10,19H,3-4,7H2,1-2H3,(H,25,26)(H,21,22,23). The fourth-order valence-corrected chi connectivity index (χ4v) is 2.66. The molecule has 0 spiro atoms. The third kappa shape index (κ3) is 4.21. The first-order valence-corrected chi connectivity index (χ1v) is 8.30. The smallest absolute Gasteiger partial charge is 0.339 e. The van der Waals surface area contributed by atoms with Gasteiger partial charge in [-0.2, -0.15) is 10.2 Å². The van der Waals surface area contributed by atoms with Gasteiger partial charge >= 0.3 is 5.97 Å². The number of aromatic nitrogens is 3. The largest absolute Gasteiger partial charge is 0.478 e. The highest BCUT2D eigenvalue weighted by Crippen LogP contribution is 2.24. The summed E-state index contributed by atoms with van der Waals surface area (Å²) in [7, 11) is 3.49. The fourth-order valence-electron chi connectivity index (χ4n) is 2.66. The third-order valence-corrected chi connectivity index (χ3v) is 3.99. The molecule has 0 radical (unpaired) electrons. The first-order chi connectivity index (χ1) is 13.0. The average Bonchev–Trinajstić information content (AvgIpc) is 3.15. The second kappa shape index (κ2) is 7.84. The molecule has 1 aliphatic heterocycles. The monoisotopic (exact) mass is 369 g/mol. The van der Waals surface area contributed by atoms with E-state index in [2.05, 4.69) is 25.6 Å². The van der Waals surface area contributed by atoms with Gasteiger partial charge in [-0.3, -0.25) is 0 Å². The molecule has 1 unspecified atom stereocenters. The number of carboxylic acid groups (broad SMARTS) is 1. The van der Waals surface area contributed by atoms with E-state index in [9.17, 15) is 15.2 Å². The number of hydrogen-bond acceptors (Lipinski definition) is 9. The van der Waals surface area contributed by atoms with E-state index in [1.165, 1.54) is 12.4 Å². The molecule has 140 valence electrons. The van der Waals surface area contributed by atoms with Crippen LogP contribution in [0.2, 0.25) is 0 Å². The van der Waals surface area contributed by atoms with Crippen molar-refractivity contribution in [3.05, 3.63) is 29.7 Å². The van der Waals surface area contributed by atoms with E-state index in [0.717, 1.165) is 13.0 Å². The molecule has 1 aliphatic rings. The Balaban J connectivity index is 1.86. The van der Waals surface area contributed by atoms with E-state index in [4.69, 9.17) is 4.74 Å². The zero-order valence-corrected chi connectivity index (χ0v) is 14.9. The molecule has 10 heteroatoms. The van der Waals surface area contributed by atoms with Gasteiger partial charge in [0.25, 0.3) is 5.88 Å². The maximum Gasteiger partial charge on any atom is 0.339 e. The maximum atomic E-state index is 11.3. The van der Waals surface area contributed by atoms with Crippen LogP contribution in [0.1, 0.15) is 22.5 Å². The normalized spacial score (nSPS) is 15.8. The Bertz CT molecular complexity index is 889. The number of nitriles is 1. The van der Waals surface area contributed by atoms with Crippen molar-refractivity contribution in [2.45, 2.75) is 12.5 Å². The van der Waals surface area contributed by atoms with Gasteiger partial charge in [0.05, 0.1) is 11.9 Å². The van der Waals surface area contributed by atoms with E-state index < -0.39 is 5.97 Å². The highest BCUT2D eigenvalue weighted by Gasteiger charge is 2.20. The van der Waals surface area contributed by atoms with Gasteiger partial charge in [0, 0.05) is 32.9 Å². The van der Waals surface area contributed by atoms with Crippen LogP contribution >= 0.6 is 0 Å². The van der Waals surface area contributed by atoms with Crippen LogP contribution < -0.4 is 20.3 Å². The topological polar surface area (TPSA) is 136 Å². The van der Waals surface area contributed by atoms with Crippen LogP contribution in [-0.4, -0.2) is 59.3 Å². The molecule has 0 bridgehead atoms. The van der Waals surface area contributed by atoms with Gasteiger partial charge in [0.15, 0.2) is 5.82 Å². The Labute approximate surface area is 155 Å². The number of carboxylic acids is 1. The molecule has 1 saturated heterocycles. The number of aromatic carboxylic acids is 1. The third-order valence-electron chi connectivity index (χ3n) is 3.99. The Morgan fingerprint density at radius 1 is 1.41 bits per heavy atom. The van der Waals surface area contributed by atoms with Gasteiger partial charge in [-0.1, -0.05) is 0 Å². The quantitative estimate of drug-likeness (QED) is 0.676. The zero-order chi connectivity index (χ0) is 19.4. The van der Waals surface area contributed by atoms with Crippen molar-refractivity contribution in [1.82, 2.24) is 20.3 Å². The lowest BCUT2D eigenvalue weighted by Gasteiger charge is -2.17. The molecule has 0 aliphatic carbocycles.